The molecule has 0 spiro atoms. The fraction of sp³-hybridized carbons (Fsp3) is 0.400. The van der Waals surface area contributed by atoms with E-state index in [9.17, 15) is 9.59 Å². The van der Waals surface area contributed by atoms with Crippen LogP contribution >= 0.6 is 0 Å². The van der Waals surface area contributed by atoms with Gasteiger partial charge in [0.2, 0.25) is 5.91 Å². The molecule has 6 nitrogen and oxygen atoms in total. The van der Waals surface area contributed by atoms with E-state index >= 15 is 0 Å². The number of nitrogens with zero attached hydrogens (tertiary/aromatic N) is 2. The molecule has 0 radical (unpaired) electrons. The van der Waals surface area contributed by atoms with Crippen molar-refractivity contribution < 1.29 is 14.0 Å². The normalized spacial score (nSPS) is 17.0. The van der Waals surface area contributed by atoms with E-state index in [4.69, 9.17) is 4.42 Å². The molecule has 1 aromatic heterocycles. The third-order valence-corrected chi connectivity index (χ3v) is 4.85. The van der Waals surface area contributed by atoms with Crippen LogP contribution in [-0.2, 0) is 11.3 Å². The summed E-state index contributed by atoms with van der Waals surface area (Å²) in [6, 6.07) is 10.7. The second-order valence-electron chi connectivity index (χ2n) is 6.69. The zero-order valence-electron chi connectivity index (χ0n) is 15.3. The van der Waals surface area contributed by atoms with Crippen molar-refractivity contribution in [1.82, 2.24) is 9.80 Å². The molecule has 1 atom stereocenters. The maximum atomic E-state index is 12.5. The van der Waals surface area contributed by atoms with Crippen molar-refractivity contribution in [2.24, 2.45) is 0 Å². The highest BCUT2D eigenvalue weighted by Gasteiger charge is 2.25. The molecule has 1 amide bonds. The molecular weight excluding hydrogens is 330 g/mol. The van der Waals surface area contributed by atoms with Crippen LogP contribution in [-0.4, -0.2) is 53.7 Å². The molecule has 6 heteroatoms. The molecule has 0 bridgehead atoms. The molecule has 0 unspecified atom stereocenters. The summed E-state index contributed by atoms with van der Waals surface area (Å²) in [5.41, 5.74) is 1.35. The van der Waals surface area contributed by atoms with E-state index in [1.165, 1.54) is 6.92 Å². The highest BCUT2D eigenvalue weighted by atomic mass is 16.3. The van der Waals surface area contributed by atoms with Gasteiger partial charge in [0, 0.05) is 37.4 Å². The summed E-state index contributed by atoms with van der Waals surface area (Å²) in [5, 5.41) is 2.93. The lowest BCUT2D eigenvalue weighted by Crippen LogP contribution is -2.52. The van der Waals surface area contributed by atoms with Crippen molar-refractivity contribution in [2.75, 3.05) is 31.5 Å². The smallest absolute Gasteiger partial charge is 0.241 e. The van der Waals surface area contributed by atoms with Crippen LogP contribution in [0.2, 0.25) is 0 Å². The van der Waals surface area contributed by atoms with Gasteiger partial charge in [0.15, 0.2) is 5.78 Å². The molecule has 1 aliphatic heterocycles. The van der Waals surface area contributed by atoms with E-state index in [2.05, 4.69) is 15.1 Å². The first-order valence-corrected chi connectivity index (χ1v) is 8.93. The number of nitrogens with one attached hydrogen (secondary N) is 1. The molecular formula is C20H25N3O3. The summed E-state index contributed by atoms with van der Waals surface area (Å²) in [4.78, 5) is 28.4. The van der Waals surface area contributed by atoms with Gasteiger partial charge < -0.3 is 9.73 Å². The van der Waals surface area contributed by atoms with E-state index in [1.54, 1.807) is 30.5 Å². The number of furan rings is 1. The SMILES string of the molecule is CC(=O)c1ccc(NC(=O)[C@@H](C)N2CCN(Cc3ccco3)CC2)cc1. The molecule has 0 saturated carbocycles. The Bertz CT molecular complexity index is 732. The second-order valence-corrected chi connectivity index (χ2v) is 6.69. The van der Waals surface area contributed by atoms with Crippen molar-refractivity contribution >= 4 is 17.4 Å². The lowest BCUT2D eigenvalue weighted by Gasteiger charge is -2.37. The highest BCUT2D eigenvalue weighted by molar-refractivity contribution is 5.96. The number of hydrogen-bond donors (Lipinski definition) is 1. The molecule has 1 aliphatic rings. The Morgan fingerprint density at radius 3 is 2.38 bits per heavy atom. The van der Waals surface area contributed by atoms with Crippen molar-refractivity contribution in [3.63, 3.8) is 0 Å². The Morgan fingerprint density at radius 1 is 1.12 bits per heavy atom. The first-order chi connectivity index (χ1) is 12.5. The molecule has 1 fully saturated rings. The Morgan fingerprint density at radius 2 is 1.81 bits per heavy atom. The maximum Gasteiger partial charge on any atom is 0.241 e. The number of piperazine rings is 1. The molecule has 1 aromatic carbocycles. The van der Waals surface area contributed by atoms with Crippen LogP contribution in [0.15, 0.2) is 47.1 Å². The Hall–Kier alpha value is -2.44. The maximum absolute atomic E-state index is 12.5. The number of hydrogen-bond acceptors (Lipinski definition) is 5. The van der Waals surface area contributed by atoms with Crippen molar-refractivity contribution in [1.29, 1.82) is 0 Å². The van der Waals surface area contributed by atoms with Gasteiger partial charge in [-0.15, -0.1) is 0 Å². The third-order valence-electron chi connectivity index (χ3n) is 4.85. The second kappa shape index (κ2) is 8.29. The van der Waals surface area contributed by atoms with E-state index in [0.29, 0.717) is 11.3 Å². The van der Waals surface area contributed by atoms with E-state index in [0.717, 1.165) is 38.5 Å². The van der Waals surface area contributed by atoms with E-state index in [1.807, 2.05) is 19.1 Å². The quantitative estimate of drug-likeness (QED) is 0.807. The van der Waals surface area contributed by atoms with Gasteiger partial charge in [0.25, 0.3) is 0 Å². The predicted molar refractivity (Wildman–Crippen MR) is 100 cm³/mol. The minimum absolute atomic E-state index is 0.0173. The Balaban J connectivity index is 1.48. The van der Waals surface area contributed by atoms with Crippen LogP contribution in [0.25, 0.3) is 0 Å². The van der Waals surface area contributed by atoms with Crippen LogP contribution in [0, 0.1) is 0 Å². The zero-order chi connectivity index (χ0) is 18.5. The van der Waals surface area contributed by atoms with Gasteiger partial charge in [0.1, 0.15) is 5.76 Å². The number of rotatable bonds is 6. The number of carbonyl (C=O) groups excluding carboxylic acids is 2. The summed E-state index contributed by atoms with van der Waals surface area (Å²) < 4.78 is 5.40. The molecule has 26 heavy (non-hydrogen) atoms. The monoisotopic (exact) mass is 355 g/mol. The Labute approximate surface area is 153 Å². The minimum Gasteiger partial charge on any atom is -0.468 e. The number of carbonyl (C=O) groups is 2. The van der Waals surface area contributed by atoms with Gasteiger partial charge in [-0.25, -0.2) is 0 Å². The fourth-order valence-electron chi connectivity index (χ4n) is 3.13. The minimum atomic E-state index is -0.201. The van der Waals surface area contributed by atoms with Crippen LogP contribution in [0.3, 0.4) is 0 Å². The van der Waals surface area contributed by atoms with Crippen LogP contribution in [0.1, 0.15) is 30.0 Å². The molecule has 3 rings (SSSR count). The molecule has 138 valence electrons. The molecule has 1 N–H and O–H groups in total. The highest BCUT2D eigenvalue weighted by Crippen LogP contribution is 2.14. The van der Waals surface area contributed by atoms with Gasteiger partial charge in [-0.2, -0.15) is 0 Å². The standard InChI is InChI=1S/C20H25N3O3/c1-15(20(25)21-18-7-5-17(6-8-18)16(2)24)23-11-9-22(10-12-23)14-19-4-3-13-26-19/h3-8,13,15H,9-12,14H2,1-2H3,(H,21,25)/t15-/m1/s1. The summed E-state index contributed by atoms with van der Waals surface area (Å²) in [7, 11) is 0. The van der Waals surface area contributed by atoms with Crippen molar-refractivity contribution in [3.05, 3.63) is 54.0 Å². The van der Waals surface area contributed by atoms with Gasteiger partial charge in [0.05, 0.1) is 18.8 Å². The van der Waals surface area contributed by atoms with E-state index in [-0.39, 0.29) is 17.7 Å². The lowest BCUT2D eigenvalue weighted by atomic mass is 10.1. The molecule has 1 saturated heterocycles. The van der Waals surface area contributed by atoms with Gasteiger partial charge >= 0.3 is 0 Å². The van der Waals surface area contributed by atoms with Crippen LogP contribution in [0.5, 0.6) is 0 Å². The number of Topliss-reactive ketones (excluding diaryl/α,β-unsaturated/α-hetero) is 1. The van der Waals surface area contributed by atoms with Gasteiger partial charge in [-0.05, 0) is 50.2 Å². The number of anilines is 1. The first kappa shape index (κ1) is 18.4. The molecule has 2 heterocycles. The lowest BCUT2D eigenvalue weighted by molar-refractivity contribution is -0.121. The predicted octanol–water partition coefficient (Wildman–Crippen LogP) is 2.63. The van der Waals surface area contributed by atoms with Crippen molar-refractivity contribution in [2.45, 2.75) is 26.4 Å². The average molecular weight is 355 g/mol. The van der Waals surface area contributed by atoms with Crippen LogP contribution < -0.4 is 5.32 Å². The summed E-state index contributed by atoms with van der Waals surface area (Å²) in [5.74, 6) is 0.960. The van der Waals surface area contributed by atoms with Crippen molar-refractivity contribution in [3.8, 4) is 0 Å². The number of benzene rings is 1. The number of ketones is 1. The molecule has 0 aliphatic carbocycles. The first-order valence-electron chi connectivity index (χ1n) is 8.93. The summed E-state index contributed by atoms with van der Waals surface area (Å²) >= 11 is 0. The molecule has 2 aromatic rings. The summed E-state index contributed by atoms with van der Waals surface area (Å²) in [6.45, 7) is 7.78. The topological polar surface area (TPSA) is 65.8 Å². The van der Waals surface area contributed by atoms with E-state index < -0.39 is 0 Å². The van der Waals surface area contributed by atoms with Crippen LogP contribution in [0.4, 0.5) is 5.69 Å². The van der Waals surface area contributed by atoms with Gasteiger partial charge in [-0.1, -0.05) is 0 Å². The average Bonchev–Trinajstić information content (AvgIpc) is 3.15. The summed E-state index contributed by atoms with van der Waals surface area (Å²) in [6.07, 6.45) is 1.70. The fourth-order valence-corrected chi connectivity index (χ4v) is 3.13. The van der Waals surface area contributed by atoms with Gasteiger partial charge in [-0.3, -0.25) is 19.4 Å². The zero-order valence-corrected chi connectivity index (χ0v) is 15.3. The number of amides is 1. The Kier molecular flexibility index (Phi) is 5.85. The largest absolute Gasteiger partial charge is 0.468 e. The third kappa shape index (κ3) is 4.59.